The monoisotopic (exact) mass is 265 g/mol. The van der Waals surface area contributed by atoms with Crippen LogP contribution in [-0.2, 0) is 0 Å². The Morgan fingerprint density at radius 3 is 2.92 bits per heavy atom. The van der Waals surface area contributed by atoms with E-state index in [2.05, 4.69) is 34.0 Å². The third kappa shape index (κ3) is 3.45. The number of nitrogens with zero attached hydrogens (tertiary/aromatic N) is 1. The van der Waals surface area contributed by atoms with Gasteiger partial charge in [-0.25, -0.2) is 0 Å². The fourth-order valence-electron chi connectivity index (χ4n) is 2.03. The van der Waals surface area contributed by atoms with Crippen LogP contribution in [0.1, 0.15) is 19.8 Å². The average Bonchev–Trinajstić information content (AvgIpc) is 2.47. The predicted octanol–water partition coefficient (Wildman–Crippen LogP) is 2.84. The Morgan fingerprint density at radius 2 is 2.31 bits per heavy atom. The van der Waals surface area contributed by atoms with Crippen molar-refractivity contribution in [1.29, 1.82) is 0 Å². The van der Waals surface area contributed by atoms with E-state index in [1.54, 1.807) is 0 Å². The molecule has 2 atom stereocenters. The molecule has 1 saturated heterocycles. The smallest absolute Gasteiger partial charge is 0.0218 e. The maximum absolute atomic E-state index is 3.62. The molecule has 0 radical (unpaired) electrons. The Hall–Kier alpha value is 0.790. The zero-order valence-corrected chi connectivity index (χ0v) is 11.0. The van der Waals surface area contributed by atoms with E-state index in [-0.39, 0.29) is 0 Å². The minimum Gasteiger partial charge on any atom is -0.299 e. The second-order valence-electron chi connectivity index (χ2n) is 3.87. The van der Waals surface area contributed by atoms with Gasteiger partial charge in [0.2, 0.25) is 0 Å². The quantitative estimate of drug-likeness (QED) is 0.556. The van der Waals surface area contributed by atoms with Crippen LogP contribution in [-0.4, -0.2) is 41.4 Å². The number of likely N-dealkylation sites (tertiary alicyclic amines) is 1. The van der Waals surface area contributed by atoms with Crippen molar-refractivity contribution >= 4 is 27.7 Å². The van der Waals surface area contributed by atoms with Crippen LogP contribution in [0.2, 0.25) is 0 Å². The first-order valence-electron chi connectivity index (χ1n) is 5.08. The molecular formula is C10H20BrNS. The van der Waals surface area contributed by atoms with E-state index < -0.39 is 0 Å². The van der Waals surface area contributed by atoms with Crippen molar-refractivity contribution in [2.75, 3.05) is 30.4 Å². The summed E-state index contributed by atoms with van der Waals surface area (Å²) in [4.78, 5) is 2.65. The fourth-order valence-corrected chi connectivity index (χ4v) is 3.49. The first-order chi connectivity index (χ1) is 6.29. The first-order valence-corrected chi connectivity index (χ1v) is 7.60. The molecule has 78 valence electrons. The van der Waals surface area contributed by atoms with Crippen molar-refractivity contribution < 1.29 is 0 Å². The number of rotatable bonds is 5. The summed E-state index contributed by atoms with van der Waals surface area (Å²) in [6.07, 6.45) is 4.92. The third-order valence-corrected chi connectivity index (χ3v) is 4.31. The molecule has 0 aromatic heterocycles. The molecule has 0 amide bonds. The summed E-state index contributed by atoms with van der Waals surface area (Å²) in [6, 6.07) is 0.793. The Bertz CT molecular complexity index is 143. The number of alkyl halides is 1. The van der Waals surface area contributed by atoms with E-state index in [1.165, 1.54) is 31.7 Å². The van der Waals surface area contributed by atoms with Gasteiger partial charge in [-0.1, -0.05) is 22.9 Å². The minimum atomic E-state index is 0.793. The lowest BCUT2D eigenvalue weighted by Gasteiger charge is -2.24. The Kier molecular flexibility index (Phi) is 5.75. The molecule has 0 N–H and O–H groups in total. The summed E-state index contributed by atoms with van der Waals surface area (Å²) in [5.74, 6) is 2.19. The van der Waals surface area contributed by atoms with Gasteiger partial charge in [-0.15, -0.1) is 0 Å². The van der Waals surface area contributed by atoms with Gasteiger partial charge in [0, 0.05) is 11.4 Å². The lowest BCUT2D eigenvalue weighted by molar-refractivity contribution is 0.254. The van der Waals surface area contributed by atoms with Gasteiger partial charge in [-0.2, -0.15) is 11.8 Å². The van der Waals surface area contributed by atoms with Crippen LogP contribution in [0.4, 0.5) is 0 Å². The Labute approximate surface area is 94.8 Å². The van der Waals surface area contributed by atoms with Gasteiger partial charge >= 0.3 is 0 Å². The van der Waals surface area contributed by atoms with Crippen LogP contribution in [0.25, 0.3) is 0 Å². The standard InChI is InChI=1S/C10H20BrNS/c1-9-4-6-12(10(9)8-11)5-3-7-13-2/h9-10H,3-8H2,1-2H3. The number of hydrogen-bond donors (Lipinski definition) is 0. The van der Waals surface area contributed by atoms with E-state index in [0.29, 0.717) is 0 Å². The number of thioether (sulfide) groups is 1. The molecule has 1 heterocycles. The minimum absolute atomic E-state index is 0.793. The highest BCUT2D eigenvalue weighted by atomic mass is 79.9. The van der Waals surface area contributed by atoms with E-state index in [1.807, 2.05) is 11.8 Å². The molecule has 13 heavy (non-hydrogen) atoms. The fraction of sp³-hybridized carbons (Fsp3) is 1.00. The number of hydrogen-bond acceptors (Lipinski definition) is 2. The second-order valence-corrected chi connectivity index (χ2v) is 5.50. The third-order valence-electron chi connectivity index (χ3n) is 2.95. The van der Waals surface area contributed by atoms with Gasteiger partial charge in [-0.3, -0.25) is 4.90 Å². The molecule has 1 aliphatic rings. The Morgan fingerprint density at radius 1 is 1.54 bits per heavy atom. The van der Waals surface area contributed by atoms with Gasteiger partial charge in [0.15, 0.2) is 0 Å². The van der Waals surface area contributed by atoms with Gasteiger partial charge < -0.3 is 0 Å². The molecular weight excluding hydrogens is 246 g/mol. The molecule has 1 fully saturated rings. The molecule has 2 unspecified atom stereocenters. The molecule has 0 aromatic carbocycles. The van der Waals surface area contributed by atoms with Crippen LogP contribution in [0, 0.1) is 5.92 Å². The second kappa shape index (κ2) is 6.31. The van der Waals surface area contributed by atoms with Crippen LogP contribution in [0.15, 0.2) is 0 Å². The highest BCUT2D eigenvalue weighted by Crippen LogP contribution is 2.25. The van der Waals surface area contributed by atoms with Crippen molar-refractivity contribution in [3.8, 4) is 0 Å². The van der Waals surface area contributed by atoms with Crippen LogP contribution in [0.3, 0.4) is 0 Å². The van der Waals surface area contributed by atoms with Crippen molar-refractivity contribution in [3.05, 3.63) is 0 Å². The molecule has 0 spiro atoms. The van der Waals surface area contributed by atoms with Crippen LogP contribution in [0.5, 0.6) is 0 Å². The normalized spacial score (nSPS) is 29.8. The summed E-state index contributed by atoms with van der Waals surface area (Å²) in [5, 5.41) is 1.15. The molecule has 0 bridgehead atoms. The van der Waals surface area contributed by atoms with E-state index in [4.69, 9.17) is 0 Å². The Balaban J connectivity index is 2.24. The molecule has 1 rings (SSSR count). The van der Waals surface area contributed by atoms with Gasteiger partial charge in [-0.05, 0) is 43.9 Å². The SMILES string of the molecule is CSCCCN1CCC(C)C1CBr. The predicted molar refractivity (Wildman–Crippen MR) is 65.9 cm³/mol. The highest BCUT2D eigenvalue weighted by Gasteiger charge is 2.29. The molecule has 0 aromatic rings. The lowest BCUT2D eigenvalue weighted by atomic mass is 10.1. The maximum Gasteiger partial charge on any atom is 0.0218 e. The molecule has 0 aliphatic carbocycles. The molecule has 1 nitrogen and oxygen atoms in total. The zero-order chi connectivity index (χ0) is 9.68. The first kappa shape index (κ1) is 11.9. The van der Waals surface area contributed by atoms with E-state index in [0.717, 1.165) is 17.3 Å². The maximum atomic E-state index is 3.62. The average molecular weight is 266 g/mol. The van der Waals surface area contributed by atoms with Crippen LogP contribution >= 0.6 is 27.7 Å². The summed E-state index contributed by atoms with van der Waals surface area (Å²) in [6.45, 7) is 4.98. The lowest BCUT2D eigenvalue weighted by Crippen LogP contribution is -2.34. The molecule has 0 saturated carbocycles. The van der Waals surface area contributed by atoms with E-state index in [9.17, 15) is 0 Å². The molecule has 1 aliphatic heterocycles. The van der Waals surface area contributed by atoms with Crippen molar-refractivity contribution in [1.82, 2.24) is 4.90 Å². The van der Waals surface area contributed by atoms with Crippen molar-refractivity contribution in [2.24, 2.45) is 5.92 Å². The van der Waals surface area contributed by atoms with E-state index >= 15 is 0 Å². The van der Waals surface area contributed by atoms with Crippen molar-refractivity contribution in [3.63, 3.8) is 0 Å². The highest BCUT2D eigenvalue weighted by molar-refractivity contribution is 9.09. The summed E-state index contributed by atoms with van der Waals surface area (Å²) >= 11 is 5.58. The van der Waals surface area contributed by atoms with Gasteiger partial charge in [0.1, 0.15) is 0 Å². The zero-order valence-electron chi connectivity index (χ0n) is 8.63. The van der Waals surface area contributed by atoms with Crippen molar-refractivity contribution in [2.45, 2.75) is 25.8 Å². The van der Waals surface area contributed by atoms with Gasteiger partial charge in [0.05, 0.1) is 0 Å². The molecule has 3 heteroatoms. The largest absolute Gasteiger partial charge is 0.299 e. The summed E-state index contributed by atoms with van der Waals surface area (Å²) in [7, 11) is 0. The summed E-state index contributed by atoms with van der Waals surface area (Å²) < 4.78 is 0. The summed E-state index contributed by atoms with van der Waals surface area (Å²) in [5.41, 5.74) is 0. The topological polar surface area (TPSA) is 3.24 Å². The van der Waals surface area contributed by atoms with Gasteiger partial charge in [0.25, 0.3) is 0 Å². The number of halogens is 1. The van der Waals surface area contributed by atoms with Crippen LogP contribution < -0.4 is 0 Å².